The molecule has 0 bridgehead atoms. The van der Waals surface area contributed by atoms with Crippen LogP contribution in [0.3, 0.4) is 0 Å². The lowest BCUT2D eigenvalue weighted by molar-refractivity contribution is -0.159. The molecule has 0 spiro atoms. The van der Waals surface area contributed by atoms with E-state index in [0.29, 0.717) is 6.42 Å². The molecule has 0 aromatic heterocycles. The lowest BCUT2D eigenvalue weighted by atomic mass is 10.0. The van der Waals surface area contributed by atoms with Crippen molar-refractivity contribution in [2.75, 3.05) is 0 Å². The van der Waals surface area contributed by atoms with E-state index in [0.717, 1.165) is 0 Å². The largest absolute Gasteiger partial charge is 0.461 e. The Morgan fingerprint density at radius 2 is 2.55 bits per heavy atom. The molecule has 1 N–H and O–H groups in total. The van der Waals surface area contributed by atoms with E-state index in [4.69, 9.17) is 15.1 Å². The zero-order valence-electron chi connectivity index (χ0n) is 5.99. The Morgan fingerprint density at radius 1 is 1.82 bits per heavy atom. The third-order valence-corrected chi connectivity index (χ3v) is 1.55. The zero-order valence-corrected chi connectivity index (χ0v) is 5.99. The third-order valence-electron chi connectivity index (χ3n) is 1.55. The van der Waals surface area contributed by atoms with Crippen LogP contribution in [0.25, 0.3) is 0 Å². The van der Waals surface area contributed by atoms with Crippen molar-refractivity contribution >= 4 is 5.97 Å². The van der Waals surface area contributed by atoms with E-state index >= 15 is 0 Å². The molecule has 2 atom stereocenters. The molecule has 0 aliphatic carbocycles. The summed E-state index contributed by atoms with van der Waals surface area (Å²) in [6.07, 6.45) is -0.421. The minimum atomic E-state index is -0.630. The van der Waals surface area contributed by atoms with Crippen molar-refractivity contribution in [3.8, 4) is 6.07 Å². The van der Waals surface area contributed by atoms with E-state index in [-0.39, 0.29) is 12.8 Å². The standard InChI is InChI=1S/C7H9NO3/c8-2-1-6-3-5(9)4-7(10)11-6/h5-6,9H,1,3-4H2/t5-,6-/m1/s1. The molecule has 0 amide bonds. The summed E-state index contributed by atoms with van der Waals surface area (Å²) in [5.74, 6) is -0.413. The number of hydrogen-bond donors (Lipinski definition) is 1. The van der Waals surface area contributed by atoms with Crippen LogP contribution in [0.5, 0.6) is 0 Å². The molecule has 1 aliphatic rings. The Bertz CT molecular complexity index is 196. The van der Waals surface area contributed by atoms with Gasteiger partial charge in [-0.25, -0.2) is 0 Å². The molecule has 11 heavy (non-hydrogen) atoms. The van der Waals surface area contributed by atoms with E-state index < -0.39 is 18.2 Å². The molecule has 60 valence electrons. The maximum Gasteiger partial charge on any atom is 0.308 e. The molecule has 0 aromatic rings. The fraction of sp³-hybridized carbons (Fsp3) is 0.714. The number of carbonyl (C=O) groups excluding carboxylic acids is 1. The molecule has 1 aliphatic heterocycles. The van der Waals surface area contributed by atoms with Crippen LogP contribution < -0.4 is 0 Å². The smallest absolute Gasteiger partial charge is 0.308 e. The van der Waals surface area contributed by atoms with Crippen LogP contribution >= 0.6 is 0 Å². The molecule has 1 saturated heterocycles. The number of ether oxygens (including phenoxy) is 1. The minimum absolute atomic E-state index is 0.0575. The molecule has 0 unspecified atom stereocenters. The lowest BCUT2D eigenvalue weighted by Crippen LogP contribution is -2.32. The molecule has 0 radical (unpaired) electrons. The summed E-state index contributed by atoms with van der Waals surface area (Å²) >= 11 is 0. The van der Waals surface area contributed by atoms with Gasteiger partial charge in [-0.15, -0.1) is 0 Å². The number of aliphatic hydroxyl groups excluding tert-OH is 1. The van der Waals surface area contributed by atoms with Crippen LogP contribution in [0.15, 0.2) is 0 Å². The van der Waals surface area contributed by atoms with Gasteiger partial charge in [0, 0.05) is 6.42 Å². The second-order valence-corrected chi connectivity index (χ2v) is 2.57. The Kier molecular flexibility index (Phi) is 2.44. The van der Waals surface area contributed by atoms with E-state index in [1.54, 1.807) is 0 Å². The van der Waals surface area contributed by atoms with Gasteiger partial charge < -0.3 is 9.84 Å². The molecule has 4 nitrogen and oxygen atoms in total. The summed E-state index contributed by atoms with van der Waals surface area (Å²) in [6, 6.07) is 1.89. The van der Waals surface area contributed by atoms with Gasteiger partial charge in [0.15, 0.2) is 0 Å². The number of hydrogen-bond acceptors (Lipinski definition) is 4. The third kappa shape index (κ3) is 2.20. The summed E-state index contributed by atoms with van der Waals surface area (Å²) in [7, 11) is 0. The Morgan fingerprint density at radius 3 is 3.09 bits per heavy atom. The highest BCUT2D eigenvalue weighted by molar-refractivity contribution is 5.70. The first-order valence-corrected chi connectivity index (χ1v) is 3.47. The maximum absolute atomic E-state index is 10.7. The fourth-order valence-electron chi connectivity index (χ4n) is 1.09. The van der Waals surface area contributed by atoms with Gasteiger partial charge in [0.25, 0.3) is 0 Å². The number of aliphatic hydroxyl groups is 1. The summed E-state index contributed by atoms with van der Waals surface area (Å²) in [6.45, 7) is 0. The summed E-state index contributed by atoms with van der Waals surface area (Å²) in [5, 5.41) is 17.3. The molecular formula is C7H9NO3. The normalized spacial score (nSPS) is 30.7. The highest BCUT2D eigenvalue weighted by Crippen LogP contribution is 2.16. The maximum atomic E-state index is 10.7. The lowest BCUT2D eigenvalue weighted by Gasteiger charge is -2.23. The predicted molar refractivity (Wildman–Crippen MR) is 35.4 cm³/mol. The van der Waals surface area contributed by atoms with Crippen molar-refractivity contribution in [2.45, 2.75) is 31.5 Å². The summed E-state index contributed by atoms with van der Waals surface area (Å²) in [4.78, 5) is 10.7. The van der Waals surface area contributed by atoms with E-state index in [2.05, 4.69) is 0 Å². The van der Waals surface area contributed by atoms with Gasteiger partial charge in [0.05, 0.1) is 25.0 Å². The van der Waals surface area contributed by atoms with E-state index in [1.807, 2.05) is 6.07 Å². The zero-order chi connectivity index (χ0) is 8.27. The molecule has 1 rings (SSSR count). The Balaban J connectivity index is 2.44. The number of nitriles is 1. The monoisotopic (exact) mass is 155 g/mol. The summed E-state index contributed by atoms with van der Waals surface area (Å²) < 4.78 is 4.78. The quantitative estimate of drug-likeness (QED) is 0.539. The van der Waals surface area contributed by atoms with Gasteiger partial charge in [0.1, 0.15) is 6.10 Å². The Labute approximate surface area is 64.4 Å². The van der Waals surface area contributed by atoms with Gasteiger partial charge in [-0.1, -0.05) is 0 Å². The van der Waals surface area contributed by atoms with Crippen LogP contribution in [-0.4, -0.2) is 23.3 Å². The van der Waals surface area contributed by atoms with Gasteiger partial charge >= 0.3 is 5.97 Å². The number of cyclic esters (lactones) is 1. The van der Waals surface area contributed by atoms with Crippen molar-refractivity contribution < 1.29 is 14.6 Å². The topological polar surface area (TPSA) is 70.3 Å². The van der Waals surface area contributed by atoms with Crippen LogP contribution in [0.2, 0.25) is 0 Å². The molecule has 0 saturated carbocycles. The number of carbonyl (C=O) groups is 1. The fourth-order valence-corrected chi connectivity index (χ4v) is 1.09. The number of nitrogens with zero attached hydrogens (tertiary/aromatic N) is 1. The first-order valence-electron chi connectivity index (χ1n) is 3.47. The first-order chi connectivity index (χ1) is 5.22. The van der Waals surface area contributed by atoms with Gasteiger partial charge in [-0.3, -0.25) is 4.79 Å². The SMILES string of the molecule is N#CC[C@@H]1C[C@@H](O)CC(=O)O1. The Hall–Kier alpha value is -1.08. The van der Waals surface area contributed by atoms with Crippen LogP contribution in [0.4, 0.5) is 0 Å². The predicted octanol–water partition coefficient (Wildman–Crippen LogP) is -0.0334. The van der Waals surface area contributed by atoms with Gasteiger partial charge in [-0.2, -0.15) is 5.26 Å². The average Bonchev–Trinajstić information content (AvgIpc) is 1.85. The highest BCUT2D eigenvalue weighted by Gasteiger charge is 2.26. The number of esters is 1. The molecule has 4 heteroatoms. The highest BCUT2D eigenvalue weighted by atomic mass is 16.5. The molecular weight excluding hydrogens is 146 g/mol. The van der Waals surface area contributed by atoms with Crippen molar-refractivity contribution in [3.05, 3.63) is 0 Å². The number of rotatable bonds is 1. The van der Waals surface area contributed by atoms with Crippen LogP contribution in [0.1, 0.15) is 19.3 Å². The van der Waals surface area contributed by atoms with Crippen molar-refractivity contribution in [2.24, 2.45) is 0 Å². The van der Waals surface area contributed by atoms with E-state index in [1.165, 1.54) is 0 Å². The molecule has 1 heterocycles. The molecule has 1 fully saturated rings. The van der Waals surface area contributed by atoms with Crippen molar-refractivity contribution in [3.63, 3.8) is 0 Å². The van der Waals surface area contributed by atoms with Crippen molar-refractivity contribution in [1.29, 1.82) is 5.26 Å². The average molecular weight is 155 g/mol. The van der Waals surface area contributed by atoms with E-state index in [9.17, 15) is 4.79 Å². The molecule has 0 aromatic carbocycles. The van der Waals surface area contributed by atoms with Crippen molar-refractivity contribution in [1.82, 2.24) is 0 Å². The van der Waals surface area contributed by atoms with Gasteiger partial charge in [-0.05, 0) is 0 Å². The van der Waals surface area contributed by atoms with Crippen LogP contribution in [0, 0.1) is 11.3 Å². The second kappa shape index (κ2) is 3.35. The second-order valence-electron chi connectivity index (χ2n) is 2.57. The van der Waals surface area contributed by atoms with Gasteiger partial charge in [0.2, 0.25) is 0 Å². The summed E-state index contributed by atoms with van der Waals surface area (Å²) in [5.41, 5.74) is 0. The first kappa shape index (κ1) is 8.02. The van der Waals surface area contributed by atoms with Crippen LogP contribution in [-0.2, 0) is 9.53 Å². The minimum Gasteiger partial charge on any atom is -0.461 e.